The number of rotatable bonds is 4. The first-order valence-electron chi connectivity index (χ1n) is 9.17. The Morgan fingerprint density at radius 1 is 1.38 bits per heavy atom. The standard InChI is InChI=1S/C21H29NO4/c1-21(2,3)26-20(24)22-12-9-19(23)18-6-4-5-17(15-18)8-7-16-10-13-25-14-11-16/h4-6,15-16,19,23H,9-14H2,1-3H3,(H,22,24). The van der Waals surface area contributed by atoms with Gasteiger partial charge in [0.05, 0.1) is 6.10 Å². The summed E-state index contributed by atoms with van der Waals surface area (Å²) < 4.78 is 10.5. The van der Waals surface area contributed by atoms with Gasteiger partial charge in [0.2, 0.25) is 0 Å². The van der Waals surface area contributed by atoms with Crippen molar-refractivity contribution in [3.8, 4) is 11.8 Å². The number of hydrogen-bond acceptors (Lipinski definition) is 4. The smallest absolute Gasteiger partial charge is 0.407 e. The summed E-state index contributed by atoms with van der Waals surface area (Å²) >= 11 is 0. The van der Waals surface area contributed by atoms with Gasteiger partial charge in [0.1, 0.15) is 5.60 Å². The summed E-state index contributed by atoms with van der Waals surface area (Å²) in [6.45, 7) is 7.34. The molecule has 1 aromatic rings. The molecule has 26 heavy (non-hydrogen) atoms. The monoisotopic (exact) mass is 359 g/mol. The Hall–Kier alpha value is -2.03. The van der Waals surface area contributed by atoms with Crippen molar-refractivity contribution in [2.45, 2.75) is 51.7 Å². The van der Waals surface area contributed by atoms with Crippen LogP contribution in [0.4, 0.5) is 4.79 Å². The molecule has 1 aliphatic heterocycles. The Bertz CT molecular complexity index is 648. The number of aliphatic hydroxyl groups excluding tert-OH is 1. The van der Waals surface area contributed by atoms with Crippen LogP contribution >= 0.6 is 0 Å². The molecule has 0 spiro atoms. The lowest BCUT2D eigenvalue weighted by molar-refractivity contribution is 0.0518. The Kier molecular flexibility index (Phi) is 7.50. The molecule has 5 nitrogen and oxygen atoms in total. The highest BCUT2D eigenvalue weighted by molar-refractivity contribution is 5.67. The third kappa shape index (κ3) is 7.47. The molecule has 1 fully saturated rings. The number of carbonyl (C=O) groups excluding carboxylic acids is 1. The number of nitrogens with one attached hydrogen (secondary N) is 1. The Morgan fingerprint density at radius 2 is 2.12 bits per heavy atom. The Labute approximate surface area is 156 Å². The summed E-state index contributed by atoms with van der Waals surface area (Å²) in [5.41, 5.74) is 1.17. The molecule has 1 saturated heterocycles. The molecule has 1 unspecified atom stereocenters. The van der Waals surface area contributed by atoms with E-state index < -0.39 is 17.8 Å². The molecule has 2 N–H and O–H groups in total. The van der Waals surface area contributed by atoms with Crippen LogP contribution in [0.1, 0.15) is 57.3 Å². The molecule has 0 saturated carbocycles. The largest absolute Gasteiger partial charge is 0.444 e. The first-order chi connectivity index (χ1) is 12.3. The topological polar surface area (TPSA) is 67.8 Å². The minimum atomic E-state index is -0.658. The van der Waals surface area contributed by atoms with Crippen molar-refractivity contribution in [3.63, 3.8) is 0 Å². The van der Waals surface area contributed by atoms with Crippen LogP contribution in [0.15, 0.2) is 24.3 Å². The van der Waals surface area contributed by atoms with Gasteiger partial charge < -0.3 is 19.9 Å². The second-order valence-electron chi connectivity index (χ2n) is 7.51. The van der Waals surface area contributed by atoms with Gasteiger partial charge in [-0.2, -0.15) is 0 Å². The SMILES string of the molecule is CC(C)(C)OC(=O)NCCC(O)c1cccc(C#CC2CCOCC2)c1. The van der Waals surface area contributed by atoms with Gasteiger partial charge >= 0.3 is 6.09 Å². The van der Waals surface area contributed by atoms with Crippen LogP contribution in [0.2, 0.25) is 0 Å². The predicted octanol–water partition coefficient (Wildman–Crippen LogP) is 3.41. The average Bonchev–Trinajstić information content (AvgIpc) is 2.59. The molecule has 0 aliphatic carbocycles. The van der Waals surface area contributed by atoms with Crippen molar-refractivity contribution in [3.05, 3.63) is 35.4 Å². The van der Waals surface area contributed by atoms with E-state index in [4.69, 9.17) is 9.47 Å². The number of hydrogen-bond donors (Lipinski definition) is 2. The number of aliphatic hydroxyl groups is 1. The summed E-state index contributed by atoms with van der Waals surface area (Å²) in [6.07, 6.45) is 1.24. The molecule has 1 amide bonds. The van der Waals surface area contributed by atoms with E-state index in [0.29, 0.717) is 18.9 Å². The Balaban J connectivity index is 1.84. The maximum atomic E-state index is 11.6. The third-order valence-electron chi connectivity index (χ3n) is 4.00. The molecule has 0 bridgehead atoms. The average molecular weight is 359 g/mol. The van der Waals surface area contributed by atoms with Gasteiger partial charge in [0.25, 0.3) is 0 Å². The molecule has 0 aromatic heterocycles. The highest BCUT2D eigenvalue weighted by Crippen LogP contribution is 2.18. The normalized spacial score (nSPS) is 16.3. The number of alkyl carbamates (subject to hydrolysis) is 1. The summed E-state index contributed by atoms with van der Waals surface area (Å²) in [6, 6.07) is 7.62. The number of amides is 1. The molecule has 1 heterocycles. The predicted molar refractivity (Wildman–Crippen MR) is 101 cm³/mol. The van der Waals surface area contributed by atoms with E-state index in [-0.39, 0.29) is 0 Å². The maximum absolute atomic E-state index is 11.6. The zero-order valence-corrected chi connectivity index (χ0v) is 15.9. The highest BCUT2D eigenvalue weighted by atomic mass is 16.6. The van der Waals surface area contributed by atoms with E-state index in [1.54, 1.807) is 0 Å². The van der Waals surface area contributed by atoms with Gasteiger partial charge in [0.15, 0.2) is 0 Å². The number of ether oxygens (including phenoxy) is 2. The molecule has 1 aromatic carbocycles. The fourth-order valence-electron chi connectivity index (χ4n) is 2.64. The van der Waals surface area contributed by atoms with Gasteiger partial charge in [-0.1, -0.05) is 24.0 Å². The molecule has 0 radical (unpaired) electrons. The fraction of sp³-hybridized carbons (Fsp3) is 0.571. The molecular weight excluding hydrogens is 330 g/mol. The van der Waals surface area contributed by atoms with Gasteiger partial charge in [-0.3, -0.25) is 0 Å². The summed E-state index contributed by atoms with van der Waals surface area (Å²) in [5.74, 6) is 6.89. The second kappa shape index (κ2) is 9.61. The minimum Gasteiger partial charge on any atom is -0.444 e. The van der Waals surface area contributed by atoms with E-state index in [2.05, 4.69) is 17.2 Å². The van der Waals surface area contributed by atoms with E-state index >= 15 is 0 Å². The molecule has 142 valence electrons. The minimum absolute atomic E-state index is 0.341. The quantitative estimate of drug-likeness (QED) is 0.809. The van der Waals surface area contributed by atoms with E-state index in [1.807, 2.05) is 45.0 Å². The first kappa shape index (κ1) is 20.3. The molecular formula is C21H29NO4. The third-order valence-corrected chi connectivity index (χ3v) is 4.00. The van der Waals surface area contributed by atoms with Gasteiger partial charge in [-0.25, -0.2) is 4.79 Å². The lowest BCUT2D eigenvalue weighted by Crippen LogP contribution is -2.33. The summed E-state index contributed by atoms with van der Waals surface area (Å²) in [5, 5.41) is 13.0. The van der Waals surface area contributed by atoms with Crippen molar-refractivity contribution < 1.29 is 19.4 Å². The van der Waals surface area contributed by atoms with Crippen LogP contribution in [-0.2, 0) is 9.47 Å². The lowest BCUT2D eigenvalue weighted by Gasteiger charge is -2.20. The zero-order valence-electron chi connectivity index (χ0n) is 15.9. The van der Waals surface area contributed by atoms with Crippen LogP contribution in [0, 0.1) is 17.8 Å². The molecule has 2 rings (SSSR count). The fourth-order valence-corrected chi connectivity index (χ4v) is 2.64. The van der Waals surface area contributed by atoms with Crippen LogP contribution in [-0.4, -0.2) is 36.6 Å². The number of benzene rings is 1. The Morgan fingerprint density at radius 3 is 2.81 bits per heavy atom. The van der Waals surface area contributed by atoms with Crippen molar-refractivity contribution in [2.24, 2.45) is 5.92 Å². The van der Waals surface area contributed by atoms with Gasteiger partial charge in [-0.05, 0) is 57.7 Å². The summed E-state index contributed by atoms with van der Waals surface area (Å²) in [4.78, 5) is 11.6. The lowest BCUT2D eigenvalue weighted by atomic mass is 9.99. The van der Waals surface area contributed by atoms with E-state index in [9.17, 15) is 9.90 Å². The van der Waals surface area contributed by atoms with Crippen molar-refractivity contribution in [1.29, 1.82) is 0 Å². The van der Waals surface area contributed by atoms with Crippen LogP contribution in [0.3, 0.4) is 0 Å². The van der Waals surface area contributed by atoms with E-state index in [1.165, 1.54) is 0 Å². The maximum Gasteiger partial charge on any atom is 0.407 e. The van der Waals surface area contributed by atoms with Crippen molar-refractivity contribution in [1.82, 2.24) is 5.32 Å². The summed E-state index contributed by atoms with van der Waals surface area (Å²) in [7, 11) is 0. The first-order valence-corrected chi connectivity index (χ1v) is 9.17. The van der Waals surface area contributed by atoms with Gasteiger partial charge in [0, 0.05) is 31.2 Å². The van der Waals surface area contributed by atoms with Crippen molar-refractivity contribution in [2.75, 3.05) is 19.8 Å². The van der Waals surface area contributed by atoms with Crippen LogP contribution in [0.25, 0.3) is 0 Å². The highest BCUT2D eigenvalue weighted by Gasteiger charge is 2.16. The zero-order chi connectivity index (χ0) is 19.0. The molecule has 5 heteroatoms. The van der Waals surface area contributed by atoms with Crippen LogP contribution in [0.5, 0.6) is 0 Å². The van der Waals surface area contributed by atoms with Gasteiger partial charge in [-0.15, -0.1) is 0 Å². The van der Waals surface area contributed by atoms with Crippen molar-refractivity contribution >= 4 is 6.09 Å². The van der Waals surface area contributed by atoms with E-state index in [0.717, 1.165) is 37.2 Å². The number of carbonyl (C=O) groups is 1. The molecule has 1 aliphatic rings. The molecule has 1 atom stereocenters. The van der Waals surface area contributed by atoms with Crippen LogP contribution < -0.4 is 5.32 Å². The second-order valence-corrected chi connectivity index (χ2v) is 7.51.